The SMILES string of the molecule is C=C1C2(C)c3ccccc3N3c4cnc(-c5c(C(C)C)cncc5C(C)C)nc4N(C)C3C12C. The van der Waals surface area contributed by atoms with Crippen molar-refractivity contribution in [1.29, 1.82) is 0 Å². The molecule has 5 heteroatoms. The molecule has 1 fully saturated rings. The third-order valence-corrected chi connectivity index (χ3v) is 8.85. The van der Waals surface area contributed by atoms with Crippen molar-refractivity contribution >= 4 is 17.2 Å². The summed E-state index contributed by atoms with van der Waals surface area (Å²) in [6, 6.07) is 8.75. The Kier molecular flexibility index (Phi) is 4.19. The number of para-hydroxylation sites is 1. The Balaban J connectivity index is 1.57. The van der Waals surface area contributed by atoms with E-state index in [9.17, 15) is 0 Å². The first kappa shape index (κ1) is 21.3. The number of hydrogen-bond donors (Lipinski definition) is 0. The van der Waals surface area contributed by atoms with E-state index in [2.05, 4.69) is 94.2 Å². The molecule has 0 amide bonds. The lowest BCUT2D eigenvalue weighted by Crippen LogP contribution is -2.50. The molecule has 0 bridgehead atoms. The van der Waals surface area contributed by atoms with Gasteiger partial charge in [-0.05, 0) is 34.6 Å². The normalized spacial score (nSPS) is 26.5. The van der Waals surface area contributed by atoms with Gasteiger partial charge in [-0.25, -0.2) is 9.97 Å². The maximum absolute atomic E-state index is 5.24. The van der Waals surface area contributed by atoms with Crippen molar-refractivity contribution in [2.75, 3.05) is 16.8 Å². The summed E-state index contributed by atoms with van der Waals surface area (Å²) in [5.41, 5.74) is 8.40. The van der Waals surface area contributed by atoms with Gasteiger partial charge in [-0.15, -0.1) is 0 Å². The van der Waals surface area contributed by atoms with Crippen LogP contribution in [0.25, 0.3) is 11.4 Å². The largest absolute Gasteiger partial charge is 0.336 e. The van der Waals surface area contributed by atoms with Crippen LogP contribution >= 0.6 is 0 Å². The standard InChI is InChI=1S/C29H33N5/c1-16(2)19-13-30-14-20(17(3)4)24(19)25-31-15-23-26(32-25)33(8)27-29(7)18(5)28(29,6)21-11-9-10-12-22(21)34(23)27/h9-17,27H,5H2,1-4,6-8H3. The maximum atomic E-state index is 5.24. The second-order valence-electron chi connectivity index (χ2n) is 11.1. The third kappa shape index (κ3) is 2.33. The fourth-order valence-corrected chi connectivity index (χ4v) is 6.64. The second-order valence-corrected chi connectivity index (χ2v) is 11.1. The van der Waals surface area contributed by atoms with E-state index in [0.29, 0.717) is 11.8 Å². The summed E-state index contributed by atoms with van der Waals surface area (Å²) < 4.78 is 0. The third-order valence-electron chi connectivity index (χ3n) is 8.85. The molecule has 1 saturated carbocycles. The van der Waals surface area contributed by atoms with Gasteiger partial charge in [0.15, 0.2) is 11.6 Å². The number of benzene rings is 1. The highest BCUT2D eigenvalue weighted by Gasteiger charge is 2.75. The fraction of sp³-hybridized carbons (Fsp3) is 0.414. The minimum absolute atomic E-state index is 0.0297. The van der Waals surface area contributed by atoms with Gasteiger partial charge in [0.1, 0.15) is 11.9 Å². The molecule has 3 atom stereocenters. The van der Waals surface area contributed by atoms with Gasteiger partial charge >= 0.3 is 0 Å². The molecular weight excluding hydrogens is 418 g/mol. The van der Waals surface area contributed by atoms with Crippen LogP contribution < -0.4 is 9.80 Å². The summed E-state index contributed by atoms with van der Waals surface area (Å²) >= 11 is 0. The predicted octanol–water partition coefficient (Wildman–Crippen LogP) is 6.55. The first-order valence-electron chi connectivity index (χ1n) is 12.3. The summed E-state index contributed by atoms with van der Waals surface area (Å²) in [5.74, 6) is 2.44. The van der Waals surface area contributed by atoms with Crippen molar-refractivity contribution in [3.63, 3.8) is 0 Å². The number of anilines is 3. The molecule has 0 saturated heterocycles. The highest BCUT2D eigenvalue weighted by Crippen LogP contribution is 2.77. The van der Waals surface area contributed by atoms with Gasteiger partial charge in [0.25, 0.3) is 0 Å². The molecule has 3 aliphatic rings. The van der Waals surface area contributed by atoms with E-state index in [1.165, 1.54) is 28.0 Å². The lowest BCUT2D eigenvalue weighted by Gasteiger charge is -2.42. The van der Waals surface area contributed by atoms with E-state index in [4.69, 9.17) is 9.97 Å². The number of pyridine rings is 1. The molecule has 1 aromatic carbocycles. The Morgan fingerprint density at radius 2 is 1.59 bits per heavy atom. The molecule has 2 aliphatic heterocycles. The van der Waals surface area contributed by atoms with Crippen LogP contribution in [-0.2, 0) is 5.41 Å². The number of aromatic nitrogens is 3. The number of hydrogen-bond acceptors (Lipinski definition) is 5. The Morgan fingerprint density at radius 3 is 2.24 bits per heavy atom. The summed E-state index contributed by atoms with van der Waals surface area (Å²) in [6.07, 6.45) is 6.11. The van der Waals surface area contributed by atoms with E-state index in [1.54, 1.807) is 0 Å². The minimum atomic E-state index is -0.0557. The zero-order valence-corrected chi connectivity index (χ0v) is 21.2. The smallest absolute Gasteiger partial charge is 0.162 e. The van der Waals surface area contributed by atoms with E-state index >= 15 is 0 Å². The zero-order chi connectivity index (χ0) is 24.2. The van der Waals surface area contributed by atoms with Gasteiger partial charge in [-0.1, -0.05) is 71.9 Å². The lowest BCUT2D eigenvalue weighted by atomic mass is 9.81. The molecule has 1 aliphatic carbocycles. The molecule has 0 N–H and O–H groups in total. The first-order valence-corrected chi connectivity index (χ1v) is 12.3. The van der Waals surface area contributed by atoms with Gasteiger partial charge in [0, 0.05) is 41.5 Å². The average molecular weight is 452 g/mol. The highest BCUT2D eigenvalue weighted by atomic mass is 15.5. The molecule has 174 valence electrons. The Labute approximate surface area is 202 Å². The van der Waals surface area contributed by atoms with Gasteiger partial charge in [-0.2, -0.15) is 0 Å². The Bertz CT molecular complexity index is 1330. The van der Waals surface area contributed by atoms with Crippen LogP contribution in [0.15, 0.2) is 55.0 Å². The summed E-state index contributed by atoms with van der Waals surface area (Å²) in [4.78, 5) is 19.5. The van der Waals surface area contributed by atoms with Crippen molar-refractivity contribution < 1.29 is 0 Å². The van der Waals surface area contributed by atoms with Crippen molar-refractivity contribution in [3.8, 4) is 11.4 Å². The zero-order valence-electron chi connectivity index (χ0n) is 21.2. The fourth-order valence-electron chi connectivity index (χ4n) is 6.64. The minimum Gasteiger partial charge on any atom is -0.336 e. The Hall–Kier alpha value is -3.21. The molecule has 5 nitrogen and oxygen atoms in total. The second kappa shape index (κ2) is 6.68. The lowest BCUT2D eigenvalue weighted by molar-refractivity contribution is 0.370. The summed E-state index contributed by atoms with van der Waals surface area (Å²) in [5, 5.41) is 0. The Morgan fingerprint density at radius 1 is 0.941 bits per heavy atom. The molecule has 0 radical (unpaired) electrons. The molecule has 2 aromatic heterocycles. The molecule has 3 unspecified atom stereocenters. The van der Waals surface area contributed by atoms with Crippen molar-refractivity contribution in [2.45, 2.75) is 65.0 Å². The molecule has 0 spiro atoms. The molecule has 4 heterocycles. The van der Waals surface area contributed by atoms with E-state index in [1.807, 2.05) is 18.6 Å². The summed E-state index contributed by atoms with van der Waals surface area (Å²) in [7, 11) is 2.17. The van der Waals surface area contributed by atoms with Crippen LogP contribution in [0.1, 0.15) is 70.1 Å². The van der Waals surface area contributed by atoms with E-state index in [-0.39, 0.29) is 17.0 Å². The van der Waals surface area contributed by atoms with Gasteiger partial charge in [0.05, 0.1) is 6.20 Å². The molecular formula is C29H33N5. The van der Waals surface area contributed by atoms with Crippen LogP contribution in [0.4, 0.5) is 17.2 Å². The summed E-state index contributed by atoms with van der Waals surface area (Å²) in [6.45, 7) is 18.1. The number of rotatable bonds is 3. The monoisotopic (exact) mass is 451 g/mol. The first-order chi connectivity index (χ1) is 16.1. The maximum Gasteiger partial charge on any atom is 0.162 e. The predicted molar refractivity (Wildman–Crippen MR) is 139 cm³/mol. The molecule has 6 rings (SSSR count). The topological polar surface area (TPSA) is 45.2 Å². The van der Waals surface area contributed by atoms with Crippen molar-refractivity contribution in [3.05, 3.63) is 71.7 Å². The number of fused-ring (bicyclic) bond motifs is 8. The van der Waals surface area contributed by atoms with E-state index in [0.717, 1.165) is 22.9 Å². The quantitative estimate of drug-likeness (QED) is 0.423. The van der Waals surface area contributed by atoms with Crippen LogP contribution in [0.2, 0.25) is 0 Å². The van der Waals surface area contributed by atoms with Crippen LogP contribution in [0.3, 0.4) is 0 Å². The number of nitrogens with zero attached hydrogens (tertiary/aromatic N) is 5. The van der Waals surface area contributed by atoms with Crippen molar-refractivity contribution in [1.82, 2.24) is 15.0 Å². The van der Waals surface area contributed by atoms with Crippen molar-refractivity contribution in [2.24, 2.45) is 5.41 Å². The van der Waals surface area contributed by atoms with Gasteiger partial charge in [0.2, 0.25) is 0 Å². The molecule has 34 heavy (non-hydrogen) atoms. The highest BCUT2D eigenvalue weighted by molar-refractivity contribution is 5.89. The van der Waals surface area contributed by atoms with Crippen LogP contribution in [0, 0.1) is 5.41 Å². The van der Waals surface area contributed by atoms with Gasteiger partial charge in [-0.3, -0.25) is 4.98 Å². The van der Waals surface area contributed by atoms with Crippen LogP contribution in [-0.4, -0.2) is 28.2 Å². The molecule has 3 aromatic rings. The van der Waals surface area contributed by atoms with Gasteiger partial charge < -0.3 is 9.80 Å². The van der Waals surface area contributed by atoms with E-state index < -0.39 is 0 Å². The average Bonchev–Trinajstić information content (AvgIpc) is 3.12. The van der Waals surface area contributed by atoms with Crippen LogP contribution in [0.5, 0.6) is 0 Å².